The second-order valence-corrected chi connectivity index (χ2v) is 9.67. The lowest BCUT2D eigenvalue weighted by atomic mass is 10.0. The minimum absolute atomic E-state index is 0.0213. The van der Waals surface area contributed by atoms with Gasteiger partial charge in [-0.25, -0.2) is 4.79 Å². The summed E-state index contributed by atoms with van der Waals surface area (Å²) in [7, 11) is 0. The van der Waals surface area contributed by atoms with Crippen LogP contribution in [-0.2, 0) is 19.1 Å². The van der Waals surface area contributed by atoms with Crippen molar-refractivity contribution in [3.63, 3.8) is 0 Å². The maximum atomic E-state index is 13.4. The van der Waals surface area contributed by atoms with E-state index in [1.165, 1.54) is 9.80 Å². The van der Waals surface area contributed by atoms with Crippen LogP contribution in [0.1, 0.15) is 59.8 Å². The van der Waals surface area contributed by atoms with E-state index >= 15 is 0 Å². The van der Waals surface area contributed by atoms with Crippen LogP contribution in [0.4, 0.5) is 4.79 Å². The zero-order valence-electron chi connectivity index (χ0n) is 18.4. The Morgan fingerprint density at radius 2 is 1.43 bits per heavy atom. The molecule has 0 aromatic heterocycles. The number of carbonyl (C=O) groups excluding carboxylic acids is 4. The van der Waals surface area contributed by atoms with E-state index in [4.69, 9.17) is 10.5 Å². The van der Waals surface area contributed by atoms with Crippen molar-refractivity contribution in [2.45, 2.75) is 83.5 Å². The molecule has 3 aliphatic rings. The molecule has 168 valence electrons. The van der Waals surface area contributed by atoms with Crippen LogP contribution in [0, 0.1) is 5.92 Å². The average Bonchev–Trinajstić information content (AvgIpc) is 3.37. The normalized spacial score (nSPS) is 29.4. The molecule has 3 fully saturated rings. The number of nitrogens with zero attached hydrogens (tertiary/aromatic N) is 3. The van der Waals surface area contributed by atoms with Crippen molar-refractivity contribution in [2.75, 3.05) is 19.6 Å². The van der Waals surface area contributed by atoms with E-state index < -0.39 is 35.7 Å². The fourth-order valence-corrected chi connectivity index (χ4v) is 4.82. The highest BCUT2D eigenvalue weighted by molar-refractivity contribution is 5.94. The standard InChI is InChI=1S/C21H34N4O5/c1-13-9-12-25(16(13)19(28)23-10-5-7-14(23)17(22)26)18(27)15-8-6-11-24(15)20(29)30-21(2,3)4/h13-16H,5-12H2,1-4H3,(H2,22,26). The van der Waals surface area contributed by atoms with Crippen molar-refractivity contribution in [3.8, 4) is 0 Å². The molecule has 4 amide bonds. The second kappa shape index (κ2) is 8.43. The number of primary amides is 1. The Kier molecular flexibility index (Phi) is 6.29. The monoisotopic (exact) mass is 422 g/mol. The smallest absolute Gasteiger partial charge is 0.410 e. The van der Waals surface area contributed by atoms with E-state index in [1.807, 2.05) is 6.92 Å². The number of rotatable bonds is 3. The highest BCUT2D eigenvalue weighted by Gasteiger charge is 2.48. The minimum Gasteiger partial charge on any atom is -0.444 e. The maximum Gasteiger partial charge on any atom is 0.410 e. The topological polar surface area (TPSA) is 113 Å². The molecule has 9 nitrogen and oxygen atoms in total. The fourth-order valence-electron chi connectivity index (χ4n) is 4.82. The zero-order valence-corrected chi connectivity index (χ0v) is 18.4. The highest BCUT2D eigenvalue weighted by Crippen LogP contribution is 2.31. The van der Waals surface area contributed by atoms with Gasteiger partial charge in [0.15, 0.2) is 0 Å². The van der Waals surface area contributed by atoms with E-state index in [0.29, 0.717) is 45.3 Å². The molecule has 3 aliphatic heterocycles. The van der Waals surface area contributed by atoms with Crippen LogP contribution in [0.15, 0.2) is 0 Å². The van der Waals surface area contributed by atoms with Crippen molar-refractivity contribution in [1.29, 1.82) is 0 Å². The SMILES string of the molecule is CC1CCN(C(=O)C2CCCN2C(=O)OC(C)(C)C)C1C(=O)N1CCCC1C(N)=O. The van der Waals surface area contributed by atoms with Crippen molar-refractivity contribution in [1.82, 2.24) is 14.7 Å². The molecular weight excluding hydrogens is 388 g/mol. The summed E-state index contributed by atoms with van der Waals surface area (Å²) in [5.41, 5.74) is 4.84. The van der Waals surface area contributed by atoms with Gasteiger partial charge in [-0.3, -0.25) is 19.3 Å². The molecule has 0 aromatic carbocycles. The number of hydrogen-bond donors (Lipinski definition) is 1. The van der Waals surface area contributed by atoms with E-state index in [2.05, 4.69) is 0 Å². The molecule has 3 saturated heterocycles. The fraction of sp³-hybridized carbons (Fsp3) is 0.810. The van der Waals surface area contributed by atoms with Crippen molar-refractivity contribution in [2.24, 2.45) is 11.7 Å². The van der Waals surface area contributed by atoms with Crippen LogP contribution < -0.4 is 5.73 Å². The quantitative estimate of drug-likeness (QED) is 0.732. The molecule has 0 aliphatic carbocycles. The van der Waals surface area contributed by atoms with Crippen molar-refractivity contribution < 1.29 is 23.9 Å². The molecule has 0 spiro atoms. The number of likely N-dealkylation sites (tertiary alicyclic amines) is 3. The van der Waals surface area contributed by atoms with Gasteiger partial charge in [0, 0.05) is 19.6 Å². The molecular formula is C21H34N4O5. The molecule has 0 bridgehead atoms. The van der Waals surface area contributed by atoms with Gasteiger partial charge in [-0.1, -0.05) is 6.92 Å². The van der Waals surface area contributed by atoms with Gasteiger partial charge in [0.25, 0.3) is 0 Å². The summed E-state index contributed by atoms with van der Waals surface area (Å²) in [5, 5.41) is 0. The third-order valence-corrected chi connectivity index (χ3v) is 6.27. The van der Waals surface area contributed by atoms with Crippen LogP contribution in [0.5, 0.6) is 0 Å². The van der Waals surface area contributed by atoms with Gasteiger partial charge in [0.1, 0.15) is 23.7 Å². The van der Waals surface area contributed by atoms with Gasteiger partial charge >= 0.3 is 6.09 Å². The first-order chi connectivity index (χ1) is 14.0. The molecule has 0 saturated carbocycles. The molecule has 3 rings (SSSR count). The van der Waals surface area contributed by atoms with Crippen LogP contribution in [0.2, 0.25) is 0 Å². The van der Waals surface area contributed by atoms with E-state index in [0.717, 1.165) is 6.42 Å². The first-order valence-electron chi connectivity index (χ1n) is 10.9. The first kappa shape index (κ1) is 22.4. The van der Waals surface area contributed by atoms with Gasteiger partial charge in [-0.2, -0.15) is 0 Å². The maximum absolute atomic E-state index is 13.4. The first-order valence-corrected chi connectivity index (χ1v) is 10.9. The van der Waals surface area contributed by atoms with Gasteiger partial charge in [-0.15, -0.1) is 0 Å². The minimum atomic E-state index is -0.645. The Hall–Kier alpha value is -2.32. The molecule has 0 radical (unpaired) electrons. The van der Waals surface area contributed by atoms with Crippen LogP contribution in [0.25, 0.3) is 0 Å². The molecule has 4 atom stereocenters. The Bertz CT molecular complexity index is 719. The summed E-state index contributed by atoms with van der Waals surface area (Å²) in [4.78, 5) is 55.8. The lowest BCUT2D eigenvalue weighted by Crippen LogP contribution is -2.56. The van der Waals surface area contributed by atoms with Crippen LogP contribution in [-0.4, -0.2) is 81.9 Å². The van der Waals surface area contributed by atoms with E-state index in [9.17, 15) is 19.2 Å². The molecule has 4 unspecified atom stereocenters. The predicted octanol–water partition coefficient (Wildman–Crippen LogP) is 1.10. The third kappa shape index (κ3) is 4.39. The van der Waals surface area contributed by atoms with Crippen LogP contribution >= 0.6 is 0 Å². The summed E-state index contributed by atoms with van der Waals surface area (Å²) in [5.74, 6) is -0.949. The summed E-state index contributed by atoms with van der Waals surface area (Å²) >= 11 is 0. The van der Waals surface area contributed by atoms with Crippen LogP contribution in [0.3, 0.4) is 0 Å². The number of carbonyl (C=O) groups is 4. The molecule has 30 heavy (non-hydrogen) atoms. The number of ether oxygens (including phenoxy) is 1. The predicted molar refractivity (Wildman–Crippen MR) is 109 cm³/mol. The molecule has 9 heteroatoms. The Balaban J connectivity index is 1.76. The van der Waals surface area contributed by atoms with Gasteiger partial charge in [-0.05, 0) is 58.8 Å². The summed E-state index contributed by atoms with van der Waals surface area (Å²) in [6, 6.07) is -1.85. The Morgan fingerprint density at radius 1 is 0.833 bits per heavy atom. The Labute approximate surface area is 177 Å². The molecule has 2 N–H and O–H groups in total. The largest absolute Gasteiger partial charge is 0.444 e. The second-order valence-electron chi connectivity index (χ2n) is 9.67. The number of hydrogen-bond acceptors (Lipinski definition) is 5. The third-order valence-electron chi connectivity index (χ3n) is 6.27. The van der Waals surface area contributed by atoms with Gasteiger partial charge in [0.2, 0.25) is 17.7 Å². The lowest BCUT2D eigenvalue weighted by molar-refractivity contribution is -0.149. The number of nitrogens with two attached hydrogens (primary N) is 1. The Morgan fingerprint density at radius 3 is 2.03 bits per heavy atom. The zero-order chi connectivity index (χ0) is 22.2. The molecule has 0 aromatic rings. The summed E-state index contributed by atoms with van der Waals surface area (Å²) in [6.07, 6.45) is 2.76. The van der Waals surface area contributed by atoms with Gasteiger partial charge in [0.05, 0.1) is 0 Å². The molecule has 3 heterocycles. The average molecular weight is 423 g/mol. The van der Waals surface area contributed by atoms with Crippen molar-refractivity contribution in [3.05, 3.63) is 0 Å². The number of amides is 4. The summed E-state index contributed by atoms with van der Waals surface area (Å²) in [6.45, 7) is 8.73. The lowest BCUT2D eigenvalue weighted by Gasteiger charge is -2.35. The van der Waals surface area contributed by atoms with Crippen molar-refractivity contribution >= 4 is 23.8 Å². The van der Waals surface area contributed by atoms with Gasteiger partial charge < -0.3 is 20.3 Å². The summed E-state index contributed by atoms with van der Waals surface area (Å²) < 4.78 is 5.47. The van der Waals surface area contributed by atoms with E-state index in [-0.39, 0.29) is 17.7 Å². The van der Waals surface area contributed by atoms with E-state index in [1.54, 1.807) is 25.7 Å². The highest BCUT2D eigenvalue weighted by atomic mass is 16.6.